The Bertz CT molecular complexity index is 992. The number of rotatable bonds is 6. The molecular formula is C17H19N3O3S2. The second kappa shape index (κ2) is 6.97. The molecule has 0 fully saturated rings. The molecule has 1 aromatic carbocycles. The molecule has 0 aliphatic heterocycles. The highest BCUT2D eigenvalue weighted by Crippen LogP contribution is 2.18. The van der Waals surface area contributed by atoms with Crippen LogP contribution in [0, 0.1) is 0 Å². The molecule has 1 amide bonds. The number of hydrogen-bond acceptors (Lipinski definition) is 5. The summed E-state index contributed by atoms with van der Waals surface area (Å²) in [5, 5.41) is 3.98. The van der Waals surface area contributed by atoms with E-state index >= 15 is 0 Å². The Morgan fingerprint density at radius 2 is 2.04 bits per heavy atom. The number of aromatic nitrogens is 2. The topological polar surface area (TPSA) is 72.3 Å². The Morgan fingerprint density at radius 3 is 2.72 bits per heavy atom. The minimum absolute atomic E-state index is 0.0615. The van der Waals surface area contributed by atoms with Crippen LogP contribution < -0.4 is 0 Å². The van der Waals surface area contributed by atoms with E-state index < -0.39 is 9.84 Å². The van der Waals surface area contributed by atoms with E-state index in [1.807, 2.05) is 41.1 Å². The molecule has 0 spiro atoms. The van der Waals surface area contributed by atoms with Crippen molar-refractivity contribution < 1.29 is 13.2 Å². The zero-order chi connectivity index (χ0) is 18.0. The van der Waals surface area contributed by atoms with Crippen molar-refractivity contribution in [2.45, 2.75) is 18.8 Å². The summed E-state index contributed by atoms with van der Waals surface area (Å²) >= 11 is 1.59. The predicted octanol–water partition coefficient (Wildman–Crippen LogP) is 2.30. The number of para-hydroxylation sites is 2. The van der Waals surface area contributed by atoms with Gasteiger partial charge in [-0.3, -0.25) is 4.79 Å². The molecule has 3 aromatic rings. The molecule has 0 unspecified atom stereocenters. The van der Waals surface area contributed by atoms with Gasteiger partial charge in [-0.1, -0.05) is 12.1 Å². The zero-order valence-corrected chi connectivity index (χ0v) is 15.7. The summed E-state index contributed by atoms with van der Waals surface area (Å²) in [6.45, 7) is 0.586. The third-order valence-electron chi connectivity index (χ3n) is 3.84. The van der Waals surface area contributed by atoms with Crippen LogP contribution in [0.2, 0.25) is 0 Å². The van der Waals surface area contributed by atoms with E-state index in [1.54, 1.807) is 27.9 Å². The Kier molecular flexibility index (Phi) is 4.91. The third-order valence-corrected chi connectivity index (χ3v) is 5.36. The summed E-state index contributed by atoms with van der Waals surface area (Å²) < 4.78 is 25.1. The highest BCUT2D eigenvalue weighted by Gasteiger charge is 2.19. The monoisotopic (exact) mass is 377 g/mol. The molecule has 8 heteroatoms. The van der Waals surface area contributed by atoms with Crippen molar-refractivity contribution >= 4 is 38.1 Å². The second-order valence-electron chi connectivity index (χ2n) is 6.05. The van der Waals surface area contributed by atoms with Gasteiger partial charge >= 0.3 is 0 Å². The predicted molar refractivity (Wildman–Crippen MR) is 99.1 cm³/mol. The first kappa shape index (κ1) is 17.6. The number of hydrogen-bond donors (Lipinski definition) is 0. The van der Waals surface area contributed by atoms with E-state index in [9.17, 15) is 13.2 Å². The van der Waals surface area contributed by atoms with Crippen LogP contribution in [0.4, 0.5) is 0 Å². The maximum Gasteiger partial charge on any atom is 0.242 e. The van der Waals surface area contributed by atoms with Crippen LogP contribution in [0.3, 0.4) is 0 Å². The van der Waals surface area contributed by atoms with Crippen LogP contribution in [-0.4, -0.2) is 42.1 Å². The fourth-order valence-corrected chi connectivity index (χ4v) is 4.00. The summed E-state index contributed by atoms with van der Waals surface area (Å²) in [5.41, 5.74) is 2.53. The molecule has 0 N–H and O–H groups in total. The van der Waals surface area contributed by atoms with E-state index in [1.165, 1.54) is 6.26 Å². The number of nitrogens with zero attached hydrogens (tertiary/aromatic N) is 3. The summed E-state index contributed by atoms with van der Waals surface area (Å²) in [6.07, 6.45) is 1.17. The van der Waals surface area contributed by atoms with Gasteiger partial charge in [0.1, 0.15) is 18.1 Å². The fourth-order valence-electron chi connectivity index (χ4n) is 2.65. The van der Waals surface area contributed by atoms with E-state index in [4.69, 9.17) is 0 Å². The molecule has 0 saturated heterocycles. The minimum atomic E-state index is -3.25. The number of amides is 1. The Labute approximate surface area is 150 Å². The van der Waals surface area contributed by atoms with Crippen LogP contribution in [0.15, 0.2) is 41.1 Å². The van der Waals surface area contributed by atoms with E-state index in [-0.39, 0.29) is 18.2 Å². The van der Waals surface area contributed by atoms with Gasteiger partial charge < -0.3 is 9.47 Å². The van der Waals surface area contributed by atoms with Gasteiger partial charge in [0.2, 0.25) is 5.91 Å². The number of fused-ring (bicyclic) bond motifs is 1. The number of sulfone groups is 1. The average molecular weight is 377 g/mol. The summed E-state index contributed by atoms with van der Waals surface area (Å²) in [6, 6.07) is 9.34. The highest BCUT2D eigenvalue weighted by molar-refractivity contribution is 7.89. The van der Waals surface area contributed by atoms with Gasteiger partial charge in [0.15, 0.2) is 9.84 Å². The van der Waals surface area contributed by atoms with Crippen LogP contribution in [0.5, 0.6) is 0 Å². The maximum atomic E-state index is 12.6. The highest BCUT2D eigenvalue weighted by atomic mass is 32.2. The Balaban J connectivity index is 1.88. The van der Waals surface area contributed by atoms with Gasteiger partial charge in [0, 0.05) is 19.8 Å². The van der Waals surface area contributed by atoms with Crippen molar-refractivity contribution in [1.82, 2.24) is 14.5 Å². The molecule has 25 heavy (non-hydrogen) atoms. The lowest BCUT2D eigenvalue weighted by molar-refractivity contribution is -0.131. The van der Waals surface area contributed by atoms with Crippen molar-refractivity contribution in [1.29, 1.82) is 0 Å². The number of thiophene rings is 1. The van der Waals surface area contributed by atoms with Crippen LogP contribution in [0.25, 0.3) is 11.0 Å². The lowest BCUT2D eigenvalue weighted by Gasteiger charge is -2.18. The average Bonchev–Trinajstić information content (AvgIpc) is 3.14. The Hall–Kier alpha value is -2.19. The van der Waals surface area contributed by atoms with Crippen molar-refractivity contribution in [3.63, 3.8) is 0 Å². The lowest BCUT2D eigenvalue weighted by atomic mass is 10.3. The first-order chi connectivity index (χ1) is 11.8. The Morgan fingerprint density at radius 1 is 1.28 bits per heavy atom. The van der Waals surface area contributed by atoms with Gasteiger partial charge in [-0.15, -0.1) is 0 Å². The standard InChI is InChI=1S/C17H19N3O3S2/c1-19(9-13-7-8-24-11-13)17(21)10-20-15-6-4-3-5-14(15)18-16(20)12-25(2,22)23/h3-8,11H,9-10,12H2,1-2H3. The summed E-state index contributed by atoms with van der Waals surface area (Å²) in [4.78, 5) is 18.7. The summed E-state index contributed by atoms with van der Waals surface area (Å²) in [7, 11) is -1.51. The molecule has 0 aliphatic carbocycles. The molecule has 3 rings (SSSR count). The van der Waals surface area contributed by atoms with E-state index in [0.717, 1.165) is 11.1 Å². The van der Waals surface area contributed by atoms with Gasteiger partial charge in [0.25, 0.3) is 0 Å². The van der Waals surface area contributed by atoms with Crippen LogP contribution >= 0.6 is 11.3 Å². The number of imidazole rings is 1. The molecule has 132 valence electrons. The summed E-state index contributed by atoms with van der Waals surface area (Å²) in [5.74, 6) is 0.105. The van der Waals surface area contributed by atoms with Crippen LogP contribution in [-0.2, 0) is 33.5 Å². The third kappa shape index (κ3) is 4.26. The molecule has 6 nitrogen and oxygen atoms in total. The molecule has 0 bridgehead atoms. The van der Waals surface area contributed by atoms with Crippen molar-refractivity contribution in [3.8, 4) is 0 Å². The van der Waals surface area contributed by atoms with Gasteiger partial charge in [-0.05, 0) is 34.5 Å². The van der Waals surface area contributed by atoms with E-state index in [0.29, 0.717) is 17.9 Å². The van der Waals surface area contributed by atoms with E-state index in [2.05, 4.69) is 4.98 Å². The maximum absolute atomic E-state index is 12.6. The fraction of sp³-hybridized carbons (Fsp3) is 0.294. The molecular weight excluding hydrogens is 358 g/mol. The SMILES string of the molecule is CN(Cc1ccsc1)C(=O)Cn1c(CS(C)(=O)=O)nc2ccccc21. The molecule has 0 atom stereocenters. The first-order valence-electron chi connectivity index (χ1n) is 7.70. The van der Waals surface area contributed by atoms with Gasteiger partial charge in [-0.2, -0.15) is 11.3 Å². The number of benzene rings is 1. The number of carbonyl (C=O) groups excluding carboxylic acids is 1. The zero-order valence-electron chi connectivity index (χ0n) is 14.0. The van der Waals surface area contributed by atoms with Crippen molar-refractivity contribution in [2.24, 2.45) is 0 Å². The largest absolute Gasteiger partial charge is 0.340 e. The molecule has 0 saturated carbocycles. The first-order valence-corrected chi connectivity index (χ1v) is 10.7. The molecule has 2 aromatic heterocycles. The lowest BCUT2D eigenvalue weighted by Crippen LogP contribution is -2.30. The number of carbonyl (C=O) groups is 1. The quantitative estimate of drug-likeness (QED) is 0.661. The number of likely N-dealkylation sites (N-methyl/N-ethyl adjacent to an activating group) is 1. The van der Waals surface area contributed by atoms with Gasteiger partial charge in [0.05, 0.1) is 11.0 Å². The normalized spacial score (nSPS) is 11.8. The molecule has 0 radical (unpaired) electrons. The van der Waals surface area contributed by atoms with Gasteiger partial charge in [-0.25, -0.2) is 13.4 Å². The van der Waals surface area contributed by atoms with Crippen molar-refractivity contribution in [2.75, 3.05) is 13.3 Å². The second-order valence-corrected chi connectivity index (χ2v) is 8.97. The van der Waals surface area contributed by atoms with Crippen LogP contribution in [0.1, 0.15) is 11.4 Å². The smallest absolute Gasteiger partial charge is 0.242 e. The van der Waals surface area contributed by atoms with Crippen molar-refractivity contribution in [3.05, 3.63) is 52.5 Å². The molecule has 2 heterocycles. The minimum Gasteiger partial charge on any atom is -0.340 e. The molecule has 0 aliphatic rings.